The van der Waals surface area contributed by atoms with Crippen LogP contribution in [0.3, 0.4) is 0 Å². The summed E-state index contributed by atoms with van der Waals surface area (Å²) in [7, 11) is -2.28. The van der Waals surface area contributed by atoms with Crippen LogP contribution in [-0.2, 0) is 14.8 Å². The zero-order valence-electron chi connectivity index (χ0n) is 18.3. The summed E-state index contributed by atoms with van der Waals surface area (Å²) in [6.07, 6.45) is 1.66. The molecule has 3 rings (SSSR count). The summed E-state index contributed by atoms with van der Waals surface area (Å²) < 4.78 is 35.2. The third-order valence-electron chi connectivity index (χ3n) is 4.45. The van der Waals surface area contributed by atoms with Crippen LogP contribution in [0.25, 0.3) is 0 Å². The second-order valence-electron chi connectivity index (χ2n) is 8.19. The van der Waals surface area contributed by atoms with Gasteiger partial charge in [-0.25, -0.2) is 5.01 Å². The van der Waals surface area contributed by atoms with Crippen LogP contribution < -0.4 is 10.1 Å². The first-order valence-corrected chi connectivity index (χ1v) is 12.1. The zero-order valence-corrected chi connectivity index (χ0v) is 20.7. The Hall–Kier alpha value is -2.72. The number of ether oxygens (including phenoxy) is 1. The number of hydrogen-bond acceptors (Lipinski definition) is 6. The molecule has 170 valence electrons. The molecule has 32 heavy (non-hydrogen) atoms. The van der Waals surface area contributed by atoms with Crippen LogP contribution in [0.1, 0.15) is 38.3 Å². The molecule has 0 atom stereocenters. The number of hydrogen-bond donors (Lipinski definition) is 1. The largest absolute Gasteiger partial charge is 0.496 e. The van der Waals surface area contributed by atoms with Gasteiger partial charge in [-0.2, -0.15) is 13.5 Å². The third kappa shape index (κ3) is 5.74. The number of amides is 1. The van der Waals surface area contributed by atoms with E-state index in [1.807, 2.05) is 32.9 Å². The number of rotatable bonds is 6. The van der Waals surface area contributed by atoms with E-state index in [1.165, 1.54) is 11.1 Å². The highest BCUT2D eigenvalue weighted by Gasteiger charge is 2.32. The van der Waals surface area contributed by atoms with Gasteiger partial charge in [0.25, 0.3) is 10.0 Å². The molecule has 0 radical (unpaired) electrons. The topological polar surface area (TPSA) is 100 Å². The maximum atomic E-state index is 12.5. The number of carbonyl (C=O) groups is 1. The Kier molecular flexibility index (Phi) is 7.04. The summed E-state index contributed by atoms with van der Waals surface area (Å²) in [6.45, 7) is 5.82. The number of fused-ring (bicyclic) bond motifs is 1. The summed E-state index contributed by atoms with van der Waals surface area (Å²) >= 11 is 3.43. The number of nitrogens with one attached hydrogen (secondary N) is 1. The van der Waals surface area contributed by atoms with Crippen LogP contribution in [0, 0.1) is 0 Å². The van der Waals surface area contributed by atoms with Crippen molar-refractivity contribution in [3.8, 4) is 5.75 Å². The molecule has 1 N–H and O–H groups in total. The quantitative estimate of drug-likeness (QED) is 0.463. The van der Waals surface area contributed by atoms with Gasteiger partial charge in [0.2, 0.25) is 5.91 Å². The Bertz CT molecular complexity index is 1190. The smallest absolute Gasteiger partial charge is 0.285 e. The highest BCUT2D eigenvalue weighted by molar-refractivity contribution is 9.10. The molecule has 2 aromatic carbocycles. The van der Waals surface area contributed by atoms with Crippen LogP contribution in [0.5, 0.6) is 5.75 Å². The number of halogens is 1. The Morgan fingerprint density at radius 1 is 1.25 bits per heavy atom. The number of hydrazone groups is 1. The molecule has 1 aliphatic rings. The molecule has 8 nitrogen and oxygen atoms in total. The molecule has 1 amide bonds. The van der Waals surface area contributed by atoms with E-state index in [4.69, 9.17) is 4.74 Å². The van der Waals surface area contributed by atoms with Gasteiger partial charge in [0.1, 0.15) is 10.6 Å². The Morgan fingerprint density at radius 3 is 2.66 bits per heavy atom. The standard InChI is InChI=1S/C22H25BrN4O4S/c1-22(2,3)25-20(28)11-12-27(24-14-15-13-16(23)9-10-18(15)31-4)21-17-7-5-6-8-19(17)32(29,30)26-21/h5-10,13-14H,11-12H2,1-4H3,(H,25,28)/b24-14+. The van der Waals surface area contributed by atoms with Crippen molar-refractivity contribution in [2.75, 3.05) is 13.7 Å². The maximum absolute atomic E-state index is 12.5. The summed E-state index contributed by atoms with van der Waals surface area (Å²) in [5.41, 5.74) is 0.748. The average Bonchev–Trinajstić information content (AvgIpc) is 2.98. The average molecular weight is 521 g/mol. The molecule has 10 heteroatoms. The summed E-state index contributed by atoms with van der Waals surface area (Å²) in [6, 6.07) is 12.0. The molecule has 0 fully saturated rings. The van der Waals surface area contributed by atoms with Gasteiger partial charge in [-0.15, -0.1) is 4.40 Å². The number of benzene rings is 2. The van der Waals surface area contributed by atoms with Gasteiger partial charge in [0.15, 0.2) is 5.84 Å². The van der Waals surface area contributed by atoms with Crippen molar-refractivity contribution < 1.29 is 17.9 Å². The molecule has 0 unspecified atom stereocenters. The highest BCUT2D eigenvalue weighted by atomic mass is 79.9. The van der Waals surface area contributed by atoms with E-state index >= 15 is 0 Å². The van der Waals surface area contributed by atoms with Crippen LogP contribution >= 0.6 is 15.9 Å². The third-order valence-corrected chi connectivity index (χ3v) is 6.27. The molecular formula is C22H25BrN4O4S. The second kappa shape index (κ2) is 9.41. The van der Waals surface area contributed by atoms with E-state index in [0.29, 0.717) is 16.9 Å². The van der Waals surface area contributed by atoms with E-state index in [-0.39, 0.29) is 35.1 Å². The fourth-order valence-corrected chi connectivity index (χ4v) is 4.70. The number of nitrogens with zero attached hydrogens (tertiary/aromatic N) is 3. The second-order valence-corrected chi connectivity index (χ2v) is 10.7. The van der Waals surface area contributed by atoms with Crippen molar-refractivity contribution in [2.24, 2.45) is 9.50 Å². The molecule has 0 aromatic heterocycles. The lowest BCUT2D eigenvalue weighted by molar-refractivity contribution is -0.122. The SMILES string of the molecule is COc1ccc(Br)cc1/C=N/N(CCC(=O)NC(C)(C)C)C1=NS(=O)(=O)c2ccccc21. The number of sulfonamides is 1. The van der Waals surface area contributed by atoms with Crippen LogP contribution in [-0.4, -0.2) is 50.6 Å². The fraction of sp³-hybridized carbons (Fsp3) is 0.318. The van der Waals surface area contributed by atoms with Crippen molar-refractivity contribution in [3.05, 3.63) is 58.1 Å². The number of methoxy groups -OCH3 is 1. The lowest BCUT2D eigenvalue weighted by Gasteiger charge is -2.23. The Balaban J connectivity index is 1.96. The molecule has 1 heterocycles. The molecule has 0 saturated heterocycles. The first kappa shape index (κ1) is 23.9. The Morgan fingerprint density at radius 2 is 1.97 bits per heavy atom. The lowest BCUT2D eigenvalue weighted by Crippen LogP contribution is -2.42. The molecule has 1 aliphatic heterocycles. The lowest BCUT2D eigenvalue weighted by atomic mass is 10.1. The molecule has 0 bridgehead atoms. The first-order chi connectivity index (χ1) is 15.0. The number of carbonyl (C=O) groups excluding carboxylic acids is 1. The van der Waals surface area contributed by atoms with Gasteiger partial charge in [0, 0.05) is 27.6 Å². The van der Waals surface area contributed by atoms with Crippen LogP contribution in [0.15, 0.2) is 61.3 Å². The minimum atomic E-state index is -3.83. The van der Waals surface area contributed by atoms with Gasteiger partial charge in [-0.05, 0) is 51.1 Å². The van der Waals surface area contributed by atoms with Crippen molar-refractivity contribution in [3.63, 3.8) is 0 Å². The van der Waals surface area contributed by atoms with Gasteiger partial charge >= 0.3 is 0 Å². The van der Waals surface area contributed by atoms with E-state index < -0.39 is 10.0 Å². The summed E-state index contributed by atoms with van der Waals surface area (Å²) in [4.78, 5) is 12.5. The minimum absolute atomic E-state index is 0.103. The minimum Gasteiger partial charge on any atom is -0.496 e. The summed E-state index contributed by atoms with van der Waals surface area (Å²) in [5.74, 6) is 0.602. The maximum Gasteiger partial charge on any atom is 0.285 e. The monoisotopic (exact) mass is 520 g/mol. The normalized spacial score (nSPS) is 14.7. The molecule has 0 aliphatic carbocycles. The van der Waals surface area contributed by atoms with Gasteiger partial charge in [0.05, 0.1) is 19.9 Å². The van der Waals surface area contributed by atoms with Crippen molar-refractivity contribution in [1.29, 1.82) is 0 Å². The van der Waals surface area contributed by atoms with E-state index in [9.17, 15) is 13.2 Å². The van der Waals surface area contributed by atoms with Gasteiger partial charge < -0.3 is 10.1 Å². The predicted octanol–water partition coefficient (Wildman–Crippen LogP) is 3.55. The zero-order chi connectivity index (χ0) is 23.5. The predicted molar refractivity (Wildman–Crippen MR) is 128 cm³/mol. The van der Waals surface area contributed by atoms with Crippen LogP contribution in [0.4, 0.5) is 0 Å². The van der Waals surface area contributed by atoms with E-state index in [1.54, 1.807) is 37.6 Å². The molecule has 2 aromatic rings. The molecule has 0 spiro atoms. The van der Waals surface area contributed by atoms with Crippen molar-refractivity contribution in [2.45, 2.75) is 37.6 Å². The van der Waals surface area contributed by atoms with Gasteiger partial charge in [-0.3, -0.25) is 4.79 Å². The molecular weight excluding hydrogens is 496 g/mol. The Labute approximate surface area is 196 Å². The first-order valence-electron chi connectivity index (χ1n) is 9.90. The van der Waals surface area contributed by atoms with E-state index in [0.717, 1.165) is 4.47 Å². The summed E-state index contributed by atoms with van der Waals surface area (Å²) in [5, 5.41) is 8.83. The van der Waals surface area contributed by atoms with Crippen molar-refractivity contribution >= 4 is 43.9 Å². The van der Waals surface area contributed by atoms with E-state index in [2.05, 4.69) is 30.7 Å². The fourth-order valence-electron chi connectivity index (χ4n) is 3.12. The number of amidine groups is 1. The molecule has 0 saturated carbocycles. The highest BCUT2D eigenvalue weighted by Crippen LogP contribution is 2.28. The van der Waals surface area contributed by atoms with Crippen molar-refractivity contribution in [1.82, 2.24) is 10.3 Å². The van der Waals surface area contributed by atoms with Gasteiger partial charge in [-0.1, -0.05) is 28.1 Å². The van der Waals surface area contributed by atoms with Crippen LogP contribution in [0.2, 0.25) is 0 Å².